The van der Waals surface area contributed by atoms with Crippen molar-refractivity contribution in [3.05, 3.63) is 0 Å². The highest BCUT2D eigenvalue weighted by molar-refractivity contribution is 4.94. The van der Waals surface area contributed by atoms with Gasteiger partial charge in [0.2, 0.25) is 0 Å². The number of hydrogen-bond acceptors (Lipinski definition) is 3. The third-order valence-electron chi connectivity index (χ3n) is 6.00. The zero-order valence-electron chi connectivity index (χ0n) is 14.8. The molecule has 21 heavy (non-hydrogen) atoms. The summed E-state index contributed by atoms with van der Waals surface area (Å²) in [6, 6.07) is 1.09. The molecule has 1 saturated heterocycles. The summed E-state index contributed by atoms with van der Waals surface area (Å²) >= 11 is 0. The van der Waals surface area contributed by atoms with E-state index in [1.54, 1.807) is 0 Å². The van der Waals surface area contributed by atoms with Crippen molar-refractivity contribution in [3.63, 3.8) is 0 Å². The molecule has 3 heteroatoms. The maximum absolute atomic E-state index is 10.5. The van der Waals surface area contributed by atoms with E-state index in [2.05, 4.69) is 44.4 Å². The Morgan fingerprint density at radius 3 is 2.33 bits per heavy atom. The minimum absolute atomic E-state index is 0.112. The predicted molar refractivity (Wildman–Crippen MR) is 89.5 cm³/mol. The lowest BCUT2D eigenvalue weighted by atomic mass is 9.70. The number of aliphatic hydroxyl groups is 1. The first-order chi connectivity index (χ1) is 9.86. The van der Waals surface area contributed by atoms with Gasteiger partial charge >= 0.3 is 0 Å². The summed E-state index contributed by atoms with van der Waals surface area (Å²) in [5, 5.41) is 10.5. The van der Waals surface area contributed by atoms with Crippen LogP contribution in [0.4, 0.5) is 0 Å². The van der Waals surface area contributed by atoms with E-state index in [1.165, 1.54) is 25.8 Å². The molecule has 0 aromatic carbocycles. The van der Waals surface area contributed by atoms with Crippen molar-refractivity contribution >= 4 is 0 Å². The minimum Gasteiger partial charge on any atom is -0.391 e. The van der Waals surface area contributed by atoms with E-state index in [0.717, 1.165) is 32.0 Å². The molecule has 0 amide bonds. The van der Waals surface area contributed by atoms with Crippen LogP contribution in [0.25, 0.3) is 0 Å². The topological polar surface area (TPSA) is 26.7 Å². The standard InChI is InChI=1S/C18H36N2O/c1-6-19(7-2)15-10-11-20(13-15)16-12-14(18(3,4)5)8-9-17(16)21/h14-17,21H,6-13H2,1-5H3. The fourth-order valence-corrected chi connectivity index (χ4v) is 4.42. The van der Waals surface area contributed by atoms with Crippen LogP contribution in [-0.2, 0) is 0 Å². The summed E-state index contributed by atoms with van der Waals surface area (Å²) in [5.74, 6) is 0.749. The second kappa shape index (κ2) is 6.97. The molecular weight excluding hydrogens is 260 g/mol. The highest BCUT2D eigenvalue weighted by Gasteiger charge is 2.40. The van der Waals surface area contributed by atoms with E-state index in [0.29, 0.717) is 17.5 Å². The Labute approximate surface area is 131 Å². The van der Waals surface area contributed by atoms with Crippen LogP contribution in [0.1, 0.15) is 60.3 Å². The maximum atomic E-state index is 10.5. The second-order valence-corrected chi connectivity index (χ2v) is 8.17. The minimum atomic E-state index is -0.112. The van der Waals surface area contributed by atoms with Crippen molar-refractivity contribution in [1.29, 1.82) is 0 Å². The van der Waals surface area contributed by atoms with Gasteiger partial charge in [0.05, 0.1) is 6.10 Å². The largest absolute Gasteiger partial charge is 0.391 e. The lowest BCUT2D eigenvalue weighted by molar-refractivity contribution is -0.0108. The summed E-state index contributed by atoms with van der Waals surface area (Å²) < 4.78 is 0. The summed E-state index contributed by atoms with van der Waals surface area (Å²) in [4.78, 5) is 5.17. The molecule has 1 heterocycles. The zero-order valence-corrected chi connectivity index (χ0v) is 14.8. The number of rotatable bonds is 4. The van der Waals surface area contributed by atoms with Crippen molar-refractivity contribution in [2.24, 2.45) is 11.3 Å². The molecule has 2 rings (SSSR count). The molecule has 0 radical (unpaired) electrons. The molecule has 1 saturated carbocycles. The molecule has 124 valence electrons. The van der Waals surface area contributed by atoms with Crippen LogP contribution in [-0.4, -0.2) is 59.3 Å². The van der Waals surface area contributed by atoms with E-state index in [9.17, 15) is 5.11 Å². The summed E-state index contributed by atoms with van der Waals surface area (Å²) in [6.07, 6.45) is 4.51. The van der Waals surface area contributed by atoms with Gasteiger partial charge in [0, 0.05) is 25.2 Å². The van der Waals surface area contributed by atoms with Crippen LogP contribution < -0.4 is 0 Å². The zero-order chi connectivity index (χ0) is 15.6. The summed E-state index contributed by atoms with van der Waals surface area (Å²) in [6.45, 7) is 16.2. The van der Waals surface area contributed by atoms with Gasteiger partial charge in [-0.3, -0.25) is 9.80 Å². The molecule has 3 nitrogen and oxygen atoms in total. The van der Waals surface area contributed by atoms with Crippen molar-refractivity contribution in [3.8, 4) is 0 Å². The highest BCUT2D eigenvalue weighted by Crippen LogP contribution is 2.40. The van der Waals surface area contributed by atoms with Crippen LogP contribution in [0.3, 0.4) is 0 Å². The van der Waals surface area contributed by atoms with Crippen LogP contribution in [0.15, 0.2) is 0 Å². The number of nitrogens with zero attached hydrogens (tertiary/aromatic N) is 2. The molecule has 1 aliphatic heterocycles. The first-order valence-electron chi connectivity index (χ1n) is 9.03. The fourth-order valence-electron chi connectivity index (χ4n) is 4.42. The quantitative estimate of drug-likeness (QED) is 0.864. The first-order valence-corrected chi connectivity index (χ1v) is 9.03. The molecule has 0 aromatic rings. The van der Waals surface area contributed by atoms with Crippen molar-refractivity contribution < 1.29 is 5.11 Å². The van der Waals surface area contributed by atoms with Crippen LogP contribution in [0.5, 0.6) is 0 Å². The fraction of sp³-hybridized carbons (Fsp3) is 1.00. The molecule has 0 bridgehead atoms. The van der Waals surface area contributed by atoms with Gasteiger partial charge in [0.25, 0.3) is 0 Å². The summed E-state index contributed by atoms with van der Waals surface area (Å²) in [7, 11) is 0. The van der Waals surface area contributed by atoms with E-state index < -0.39 is 0 Å². The predicted octanol–water partition coefficient (Wildman–Crippen LogP) is 2.98. The van der Waals surface area contributed by atoms with Gasteiger partial charge in [0.1, 0.15) is 0 Å². The average molecular weight is 296 g/mol. The normalized spacial score (nSPS) is 35.6. The third kappa shape index (κ3) is 4.00. The smallest absolute Gasteiger partial charge is 0.0695 e. The molecule has 1 N–H and O–H groups in total. The lowest BCUT2D eigenvalue weighted by Gasteiger charge is -2.43. The van der Waals surface area contributed by atoms with Crippen molar-refractivity contribution in [2.75, 3.05) is 26.2 Å². The Morgan fingerprint density at radius 2 is 1.76 bits per heavy atom. The van der Waals surface area contributed by atoms with E-state index in [-0.39, 0.29) is 6.10 Å². The molecule has 0 aromatic heterocycles. The molecule has 1 aliphatic carbocycles. The molecule has 2 fully saturated rings. The number of hydrogen-bond donors (Lipinski definition) is 1. The van der Waals surface area contributed by atoms with Crippen LogP contribution in [0, 0.1) is 11.3 Å². The molecule has 4 unspecified atom stereocenters. The van der Waals surface area contributed by atoms with E-state index in [1.807, 2.05) is 0 Å². The van der Waals surface area contributed by atoms with E-state index in [4.69, 9.17) is 0 Å². The van der Waals surface area contributed by atoms with Gasteiger partial charge in [-0.15, -0.1) is 0 Å². The van der Waals surface area contributed by atoms with E-state index >= 15 is 0 Å². The number of likely N-dealkylation sites (tertiary alicyclic amines) is 1. The molecular formula is C18H36N2O. The maximum Gasteiger partial charge on any atom is 0.0695 e. The van der Waals surface area contributed by atoms with Gasteiger partial charge in [-0.25, -0.2) is 0 Å². The van der Waals surface area contributed by atoms with Crippen LogP contribution in [0.2, 0.25) is 0 Å². The van der Waals surface area contributed by atoms with Gasteiger partial charge in [-0.05, 0) is 50.1 Å². The highest BCUT2D eigenvalue weighted by atomic mass is 16.3. The van der Waals surface area contributed by atoms with Crippen molar-refractivity contribution in [2.45, 2.75) is 78.5 Å². The Hall–Kier alpha value is -0.120. The second-order valence-electron chi connectivity index (χ2n) is 8.17. The van der Waals surface area contributed by atoms with Gasteiger partial charge < -0.3 is 5.11 Å². The Bertz CT molecular complexity index is 322. The number of aliphatic hydroxyl groups excluding tert-OH is 1. The third-order valence-corrected chi connectivity index (χ3v) is 6.00. The molecule has 2 aliphatic rings. The molecule has 4 atom stereocenters. The number of likely N-dealkylation sites (N-methyl/N-ethyl adjacent to an activating group) is 1. The van der Waals surface area contributed by atoms with Crippen LogP contribution >= 0.6 is 0 Å². The molecule has 0 spiro atoms. The Balaban J connectivity index is 1.97. The van der Waals surface area contributed by atoms with Gasteiger partial charge in [0.15, 0.2) is 0 Å². The van der Waals surface area contributed by atoms with Gasteiger partial charge in [-0.2, -0.15) is 0 Å². The Morgan fingerprint density at radius 1 is 1.10 bits per heavy atom. The lowest BCUT2D eigenvalue weighted by Crippen LogP contribution is -2.49. The SMILES string of the molecule is CCN(CC)C1CCN(C2CC(C(C)(C)C)CCC2O)C1. The van der Waals surface area contributed by atoms with Gasteiger partial charge in [-0.1, -0.05) is 34.6 Å². The average Bonchev–Trinajstić information content (AvgIpc) is 2.89. The Kier molecular flexibility index (Phi) is 5.72. The monoisotopic (exact) mass is 296 g/mol. The summed E-state index contributed by atoms with van der Waals surface area (Å²) in [5.41, 5.74) is 0.371. The first kappa shape index (κ1) is 17.2. The van der Waals surface area contributed by atoms with Crippen molar-refractivity contribution in [1.82, 2.24) is 9.80 Å².